The molecule has 8 nitrogen and oxygen atoms in total. The molecule has 2 aromatic rings. The monoisotopic (exact) mass is 522 g/mol. The summed E-state index contributed by atoms with van der Waals surface area (Å²) in [5, 5.41) is -3.53. The summed E-state index contributed by atoms with van der Waals surface area (Å²) in [5.41, 5.74) is 0. The number of hydrogen-bond donors (Lipinski definition) is 1. The highest BCUT2D eigenvalue weighted by molar-refractivity contribution is 7.87. The molecule has 0 amide bonds. The van der Waals surface area contributed by atoms with Crippen LogP contribution in [0.5, 0.6) is 0 Å². The van der Waals surface area contributed by atoms with Crippen LogP contribution in [-0.2, 0) is 34.0 Å². The Morgan fingerprint density at radius 1 is 0.794 bits per heavy atom. The van der Waals surface area contributed by atoms with Crippen molar-refractivity contribution in [3.63, 3.8) is 0 Å². The molecule has 0 aromatic heterocycles. The van der Waals surface area contributed by atoms with Crippen LogP contribution in [0.1, 0.15) is 51.4 Å². The molecule has 0 aliphatic carbocycles. The van der Waals surface area contributed by atoms with Crippen LogP contribution in [0, 0.1) is 0 Å². The van der Waals surface area contributed by atoms with Gasteiger partial charge in [0, 0.05) is 5.39 Å². The van der Waals surface area contributed by atoms with Gasteiger partial charge in [-0.15, -0.1) is 0 Å². The Morgan fingerprint density at radius 2 is 1.32 bits per heavy atom. The summed E-state index contributed by atoms with van der Waals surface area (Å²) in [4.78, 5) is 11.2. The SMILES string of the molecule is O=C(OCCCCCCCCCCOS(=O)(=O)c1cccc2ccccc12)C(F)(F)S(=O)(=O)O. The van der Waals surface area contributed by atoms with Gasteiger partial charge in [0.25, 0.3) is 10.1 Å². The van der Waals surface area contributed by atoms with Crippen molar-refractivity contribution >= 4 is 37.0 Å². The van der Waals surface area contributed by atoms with Crippen LogP contribution >= 0.6 is 0 Å². The standard InChI is InChI=1S/C22H28F2O8S2/c23-22(24,34(28,29)30)21(25)31-16-9-5-3-1-2-4-6-10-17-32-33(26,27)20-15-11-13-18-12-7-8-14-19(18)20/h7-8,11-15H,1-6,9-10,16-17H2,(H,28,29,30). The first-order valence-corrected chi connectivity index (χ1v) is 13.7. The van der Waals surface area contributed by atoms with E-state index < -0.39 is 31.5 Å². The number of esters is 1. The van der Waals surface area contributed by atoms with Crippen molar-refractivity contribution in [3.05, 3.63) is 42.5 Å². The van der Waals surface area contributed by atoms with Crippen molar-refractivity contribution in [2.75, 3.05) is 13.2 Å². The molecule has 0 spiro atoms. The quantitative estimate of drug-likeness (QED) is 0.155. The van der Waals surface area contributed by atoms with Crippen LogP contribution in [0.4, 0.5) is 8.78 Å². The number of rotatable bonds is 15. The van der Waals surface area contributed by atoms with Crippen LogP contribution in [-0.4, -0.2) is 45.8 Å². The van der Waals surface area contributed by atoms with Gasteiger partial charge in [-0.05, 0) is 24.3 Å². The average molecular weight is 523 g/mol. The maximum atomic E-state index is 13.0. The minimum atomic E-state index is -5.85. The normalized spacial score (nSPS) is 12.7. The molecule has 0 heterocycles. The van der Waals surface area contributed by atoms with E-state index in [-0.39, 0.29) is 24.5 Å². The maximum Gasteiger partial charge on any atom is 0.465 e. The molecule has 2 rings (SSSR count). The molecule has 0 atom stereocenters. The predicted molar refractivity (Wildman–Crippen MR) is 121 cm³/mol. The molecule has 0 saturated carbocycles. The Bertz CT molecular complexity index is 1160. The molecule has 0 saturated heterocycles. The molecule has 2 aromatic carbocycles. The summed E-state index contributed by atoms with van der Waals surface area (Å²) in [6.07, 6.45) is 5.62. The fourth-order valence-corrected chi connectivity index (χ4v) is 4.70. The van der Waals surface area contributed by atoms with E-state index in [1.54, 1.807) is 18.2 Å². The molecule has 12 heteroatoms. The third kappa shape index (κ3) is 7.97. The smallest absolute Gasteiger partial charge is 0.460 e. The fraction of sp³-hybridized carbons (Fsp3) is 0.500. The summed E-state index contributed by atoms with van der Waals surface area (Å²) in [6, 6.07) is 12.2. The van der Waals surface area contributed by atoms with Crippen molar-refractivity contribution in [2.45, 2.75) is 61.5 Å². The van der Waals surface area contributed by atoms with Crippen LogP contribution < -0.4 is 0 Å². The zero-order valence-electron chi connectivity index (χ0n) is 18.5. The summed E-state index contributed by atoms with van der Waals surface area (Å²) < 4.78 is 89.5. The predicted octanol–water partition coefficient (Wildman–Crippen LogP) is 4.69. The Labute approximate surface area is 198 Å². The molecular weight excluding hydrogens is 494 g/mol. The molecule has 0 aliphatic heterocycles. The van der Waals surface area contributed by atoms with Crippen LogP contribution in [0.15, 0.2) is 47.4 Å². The number of fused-ring (bicyclic) bond motifs is 1. The van der Waals surface area contributed by atoms with Gasteiger partial charge in [-0.2, -0.15) is 25.6 Å². The van der Waals surface area contributed by atoms with Gasteiger partial charge in [0.05, 0.1) is 13.2 Å². The number of alkyl halides is 2. The number of ether oxygens (including phenoxy) is 1. The zero-order chi connectivity index (χ0) is 25.2. The van der Waals surface area contributed by atoms with E-state index in [0.717, 1.165) is 37.5 Å². The van der Waals surface area contributed by atoms with Crippen LogP contribution in [0.2, 0.25) is 0 Å². The highest BCUT2D eigenvalue weighted by atomic mass is 32.2. The van der Waals surface area contributed by atoms with Gasteiger partial charge in [-0.25, -0.2) is 4.79 Å². The summed E-state index contributed by atoms with van der Waals surface area (Å²) in [7, 11) is -9.70. The number of unbranched alkanes of at least 4 members (excludes halogenated alkanes) is 7. The number of carbonyl (C=O) groups is 1. The Morgan fingerprint density at radius 3 is 1.94 bits per heavy atom. The molecule has 0 aliphatic rings. The fourth-order valence-electron chi connectivity index (χ4n) is 3.26. The van der Waals surface area contributed by atoms with E-state index in [1.165, 1.54) is 6.07 Å². The average Bonchev–Trinajstić information content (AvgIpc) is 2.78. The van der Waals surface area contributed by atoms with E-state index in [9.17, 15) is 30.4 Å². The van der Waals surface area contributed by atoms with Crippen molar-refractivity contribution in [1.82, 2.24) is 0 Å². The van der Waals surface area contributed by atoms with Gasteiger partial charge in [-0.3, -0.25) is 8.74 Å². The van der Waals surface area contributed by atoms with Gasteiger partial charge >= 0.3 is 21.3 Å². The van der Waals surface area contributed by atoms with E-state index in [1.807, 2.05) is 18.2 Å². The third-order valence-electron chi connectivity index (χ3n) is 5.09. The lowest BCUT2D eigenvalue weighted by molar-refractivity contribution is -0.161. The van der Waals surface area contributed by atoms with Crippen molar-refractivity contribution < 1.29 is 43.9 Å². The minimum absolute atomic E-state index is 0.0884. The third-order valence-corrected chi connectivity index (χ3v) is 7.28. The van der Waals surface area contributed by atoms with Crippen molar-refractivity contribution in [2.24, 2.45) is 0 Å². The van der Waals surface area contributed by atoms with Gasteiger partial charge in [-0.1, -0.05) is 74.9 Å². The Kier molecular flexibility index (Phi) is 10.3. The Balaban J connectivity index is 1.54. The van der Waals surface area contributed by atoms with E-state index in [4.69, 9.17) is 8.74 Å². The Hall–Kier alpha value is -2.15. The highest BCUT2D eigenvalue weighted by Gasteiger charge is 2.54. The minimum Gasteiger partial charge on any atom is -0.460 e. The molecule has 1 N–H and O–H groups in total. The molecule has 0 radical (unpaired) electrons. The number of hydrogen-bond acceptors (Lipinski definition) is 7. The van der Waals surface area contributed by atoms with Gasteiger partial charge in [0.2, 0.25) is 0 Å². The lowest BCUT2D eigenvalue weighted by Gasteiger charge is -2.11. The number of halogens is 2. The first-order valence-electron chi connectivity index (χ1n) is 10.9. The van der Waals surface area contributed by atoms with E-state index in [2.05, 4.69) is 4.74 Å². The first-order chi connectivity index (χ1) is 16.0. The molecule has 0 fully saturated rings. The topological polar surface area (TPSA) is 124 Å². The molecule has 34 heavy (non-hydrogen) atoms. The molecule has 0 unspecified atom stereocenters. The molecular formula is C22H28F2O8S2. The van der Waals surface area contributed by atoms with Crippen LogP contribution in [0.3, 0.4) is 0 Å². The second kappa shape index (κ2) is 12.5. The van der Waals surface area contributed by atoms with Crippen molar-refractivity contribution in [3.8, 4) is 0 Å². The number of benzene rings is 2. The summed E-state index contributed by atoms with van der Waals surface area (Å²) in [6.45, 7) is -0.280. The second-order valence-electron chi connectivity index (χ2n) is 7.71. The van der Waals surface area contributed by atoms with E-state index in [0.29, 0.717) is 18.2 Å². The summed E-state index contributed by atoms with van der Waals surface area (Å²) in [5.74, 6) is -2.29. The number of carbonyl (C=O) groups excluding carboxylic acids is 1. The largest absolute Gasteiger partial charge is 0.465 e. The lowest BCUT2D eigenvalue weighted by Crippen LogP contribution is -2.39. The van der Waals surface area contributed by atoms with Crippen molar-refractivity contribution in [1.29, 1.82) is 0 Å². The van der Waals surface area contributed by atoms with Gasteiger partial charge < -0.3 is 4.74 Å². The lowest BCUT2D eigenvalue weighted by atomic mass is 10.1. The van der Waals surface area contributed by atoms with Gasteiger partial charge in [0.15, 0.2) is 0 Å². The first kappa shape index (κ1) is 28.1. The molecule has 190 valence electrons. The molecule has 0 bridgehead atoms. The summed E-state index contributed by atoms with van der Waals surface area (Å²) >= 11 is 0. The highest BCUT2D eigenvalue weighted by Crippen LogP contribution is 2.25. The van der Waals surface area contributed by atoms with Gasteiger partial charge in [0.1, 0.15) is 4.90 Å². The van der Waals surface area contributed by atoms with E-state index >= 15 is 0 Å². The maximum absolute atomic E-state index is 13.0. The zero-order valence-corrected chi connectivity index (χ0v) is 20.1. The van der Waals surface area contributed by atoms with Crippen LogP contribution in [0.25, 0.3) is 10.8 Å². The second-order valence-corrected chi connectivity index (χ2v) is 10.8.